The number of benzene rings is 1. The Bertz CT molecular complexity index is 955. The molecule has 2 aliphatic rings. The second-order valence-electron chi connectivity index (χ2n) is 11.4. The minimum Gasteiger partial charge on any atom is -0.444 e. The summed E-state index contributed by atoms with van der Waals surface area (Å²) in [6.45, 7) is 7.97. The molecule has 1 aromatic carbocycles. The summed E-state index contributed by atoms with van der Waals surface area (Å²) in [5.74, 6) is -0.390. The summed E-state index contributed by atoms with van der Waals surface area (Å²) >= 11 is 0. The number of oxime groups is 1. The van der Waals surface area contributed by atoms with E-state index in [1.165, 1.54) is 11.9 Å². The molecule has 1 heterocycles. The number of carbonyl (C=O) groups excluding carboxylic acids is 3. The van der Waals surface area contributed by atoms with Crippen LogP contribution in [0.5, 0.6) is 0 Å². The number of rotatable bonds is 9. The number of nitrogens with zero attached hydrogens (tertiary/aromatic N) is 3. The predicted octanol–water partition coefficient (Wildman–Crippen LogP) is 4.50. The van der Waals surface area contributed by atoms with Crippen molar-refractivity contribution in [3.8, 4) is 0 Å². The average molecular weight is 529 g/mol. The maximum absolute atomic E-state index is 13.9. The molecule has 1 aliphatic heterocycles. The van der Waals surface area contributed by atoms with Crippen molar-refractivity contribution in [1.29, 1.82) is 0 Å². The van der Waals surface area contributed by atoms with Crippen LogP contribution in [-0.4, -0.2) is 71.2 Å². The summed E-state index contributed by atoms with van der Waals surface area (Å²) in [5, 5.41) is 7.17. The number of hydrogen-bond donors (Lipinski definition) is 1. The number of likely N-dealkylation sites (tertiary alicyclic amines) is 1. The first kappa shape index (κ1) is 29.5. The first-order chi connectivity index (χ1) is 18.1. The van der Waals surface area contributed by atoms with Gasteiger partial charge in [0.25, 0.3) is 0 Å². The highest BCUT2D eigenvalue weighted by atomic mass is 16.6. The highest BCUT2D eigenvalue weighted by molar-refractivity contribution is 5.92. The zero-order chi connectivity index (χ0) is 27.7. The van der Waals surface area contributed by atoms with Crippen LogP contribution in [0.2, 0.25) is 0 Å². The Morgan fingerprint density at radius 1 is 1.11 bits per heavy atom. The molecule has 9 heteroatoms. The molecule has 0 spiro atoms. The van der Waals surface area contributed by atoms with Crippen LogP contribution in [0, 0.1) is 5.92 Å². The van der Waals surface area contributed by atoms with E-state index in [0.717, 1.165) is 50.5 Å². The summed E-state index contributed by atoms with van der Waals surface area (Å²) < 4.78 is 5.42. The molecule has 1 aliphatic carbocycles. The van der Waals surface area contributed by atoms with Crippen LogP contribution in [-0.2, 0) is 25.8 Å². The van der Waals surface area contributed by atoms with Gasteiger partial charge in [-0.25, -0.2) is 4.79 Å². The van der Waals surface area contributed by atoms with Crippen molar-refractivity contribution in [3.63, 3.8) is 0 Å². The van der Waals surface area contributed by atoms with Gasteiger partial charge in [-0.1, -0.05) is 54.8 Å². The van der Waals surface area contributed by atoms with Crippen molar-refractivity contribution in [3.05, 3.63) is 35.9 Å². The van der Waals surface area contributed by atoms with Crippen molar-refractivity contribution in [1.82, 2.24) is 15.1 Å². The molecule has 1 unspecified atom stereocenters. The molecule has 1 N–H and O–H groups in total. The molecule has 210 valence electrons. The van der Waals surface area contributed by atoms with E-state index in [2.05, 4.69) is 10.5 Å². The van der Waals surface area contributed by atoms with Gasteiger partial charge in [-0.2, -0.15) is 0 Å². The van der Waals surface area contributed by atoms with Gasteiger partial charge in [0.1, 0.15) is 24.3 Å². The molecule has 3 rings (SSSR count). The molecular weight excluding hydrogens is 484 g/mol. The van der Waals surface area contributed by atoms with E-state index < -0.39 is 23.8 Å². The molecule has 2 fully saturated rings. The lowest BCUT2D eigenvalue weighted by molar-refractivity contribution is -0.139. The maximum Gasteiger partial charge on any atom is 0.410 e. The van der Waals surface area contributed by atoms with Gasteiger partial charge in [-0.15, -0.1) is 0 Å². The molecule has 38 heavy (non-hydrogen) atoms. The first-order valence-corrected chi connectivity index (χ1v) is 13.8. The van der Waals surface area contributed by atoms with Crippen molar-refractivity contribution in [2.45, 2.75) is 103 Å². The third-order valence-corrected chi connectivity index (χ3v) is 7.29. The topological polar surface area (TPSA) is 101 Å². The second kappa shape index (κ2) is 13.6. The Kier molecular flexibility index (Phi) is 10.6. The fourth-order valence-electron chi connectivity index (χ4n) is 4.99. The number of amides is 3. The number of ether oxygens (including phenoxy) is 1. The maximum atomic E-state index is 13.9. The molecule has 1 aromatic rings. The van der Waals surface area contributed by atoms with Crippen LogP contribution < -0.4 is 5.32 Å². The van der Waals surface area contributed by atoms with E-state index in [1.807, 2.05) is 35.2 Å². The number of carbonyl (C=O) groups is 3. The predicted molar refractivity (Wildman–Crippen MR) is 146 cm³/mol. The highest BCUT2D eigenvalue weighted by Gasteiger charge is 2.39. The van der Waals surface area contributed by atoms with Gasteiger partial charge >= 0.3 is 6.09 Å². The Hall–Kier alpha value is -3.10. The fraction of sp³-hybridized carbons (Fsp3) is 0.655. The Balaban J connectivity index is 1.66. The van der Waals surface area contributed by atoms with E-state index in [4.69, 9.17) is 9.57 Å². The summed E-state index contributed by atoms with van der Waals surface area (Å²) in [5.41, 5.74) is 0.355. The van der Waals surface area contributed by atoms with E-state index in [9.17, 15) is 14.4 Å². The summed E-state index contributed by atoms with van der Waals surface area (Å²) in [7, 11) is 1.54. The lowest BCUT2D eigenvalue weighted by atomic mass is 9.83. The molecule has 0 bridgehead atoms. The van der Waals surface area contributed by atoms with E-state index in [0.29, 0.717) is 13.2 Å². The van der Waals surface area contributed by atoms with Gasteiger partial charge in [0.2, 0.25) is 11.8 Å². The molecule has 9 nitrogen and oxygen atoms in total. The van der Waals surface area contributed by atoms with E-state index in [1.54, 1.807) is 33.9 Å². The van der Waals surface area contributed by atoms with Crippen molar-refractivity contribution < 1.29 is 24.0 Å². The monoisotopic (exact) mass is 528 g/mol. The SMILES string of the molecule is CC(C(=O)N[C@H](C(=O)N1CCC[C@H]1C=NOCc1ccccc1)C1CCCCC1)N(C)C(=O)OC(C)(C)C. The van der Waals surface area contributed by atoms with Gasteiger partial charge in [-0.3, -0.25) is 14.5 Å². The molecule has 3 amide bonds. The van der Waals surface area contributed by atoms with Crippen LogP contribution in [0.1, 0.15) is 78.2 Å². The highest BCUT2D eigenvalue weighted by Crippen LogP contribution is 2.29. The molecule has 0 aromatic heterocycles. The van der Waals surface area contributed by atoms with Crippen molar-refractivity contribution in [2.24, 2.45) is 11.1 Å². The fourth-order valence-corrected chi connectivity index (χ4v) is 4.99. The van der Waals surface area contributed by atoms with Gasteiger partial charge < -0.3 is 19.8 Å². The lowest BCUT2D eigenvalue weighted by Gasteiger charge is -2.35. The summed E-state index contributed by atoms with van der Waals surface area (Å²) in [4.78, 5) is 48.2. The normalized spacial score (nSPS) is 20.1. The van der Waals surface area contributed by atoms with Crippen molar-refractivity contribution in [2.75, 3.05) is 13.6 Å². The van der Waals surface area contributed by atoms with Crippen molar-refractivity contribution >= 4 is 24.1 Å². The Labute approximate surface area is 226 Å². The van der Waals surface area contributed by atoms with Crippen LogP contribution in [0.3, 0.4) is 0 Å². The summed E-state index contributed by atoms with van der Waals surface area (Å²) in [6, 6.07) is 8.19. The first-order valence-electron chi connectivity index (χ1n) is 13.8. The minimum absolute atomic E-state index is 0.0618. The summed E-state index contributed by atoms with van der Waals surface area (Å²) in [6.07, 6.45) is 7.78. The zero-order valence-corrected chi connectivity index (χ0v) is 23.5. The van der Waals surface area contributed by atoms with Crippen LogP contribution in [0.25, 0.3) is 0 Å². The number of nitrogens with one attached hydrogen (secondary N) is 1. The van der Waals surface area contributed by atoms with Crippen LogP contribution >= 0.6 is 0 Å². The molecule has 0 radical (unpaired) electrons. The molecule has 3 atom stereocenters. The zero-order valence-electron chi connectivity index (χ0n) is 23.5. The van der Waals surface area contributed by atoms with Crippen LogP contribution in [0.15, 0.2) is 35.5 Å². The third kappa shape index (κ3) is 8.46. The largest absolute Gasteiger partial charge is 0.444 e. The minimum atomic E-state index is -0.786. The van der Waals surface area contributed by atoms with E-state index >= 15 is 0 Å². The van der Waals surface area contributed by atoms with Crippen LogP contribution in [0.4, 0.5) is 4.79 Å². The lowest BCUT2D eigenvalue weighted by Crippen LogP contribution is -2.57. The standard InChI is InChI=1S/C29H44N4O5/c1-21(32(5)28(36)38-29(2,3)4)26(34)31-25(23-15-10-7-11-16-23)27(35)33-18-12-17-24(33)19-30-37-20-22-13-8-6-9-14-22/h6,8-9,13-14,19,21,23-25H,7,10-12,15-18,20H2,1-5H3,(H,31,34)/t21?,24-,25-/m0/s1. The van der Waals surface area contributed by atoms with Gasteiger partial charge in [-0.05, 0) is 64.9 Å². The van der Waals surface area contributed by atoms with Gasteiger partial charge in [0.05, 0.1) is 12.3 Å². The smallest absolute Gasteiger partial charge is 0.410 e. The van der Waals surface area contributed by atoms with Gasteiger partial charge in [0, 0.05) is 13.6 Å². The Morgan fingerprint density at radius 2 is 1.79 bits per heavy atom. The number of likely N-dealkylation sites (N-methyl/N-ethyl adjacent to an activating group) is 1. The van der Waals surface area contributed by atoms with E-state index in [-0.39, 0.29) is 23.8 Å². The molecular formula is C29H44N4O5. The quantitative estimate of drug-likeness (QED) is 0.376. The Morgan fingerprint density at radius 3 is 2.45 bits per heavy atom. The average Bonchev–Trinajstić information content (AvgIpc) is 3.37. The number of hydrogen-bond acceptors (Lipinski definition) is 6. The molecule has 1 saturated carbocycles. The molecule has 1 saturated heterocycles. The van der Waals surface area contributed by atoms with Gasteiger partial charge in [0.15, 0.2) is 0 Å². The second-order valence-corrected chi connectivity index (χ2v) is 11.4. The third-order valence-electron chi connectivity index (χ3n) is 7.29.